The summed E-state index contributed by atoms with van der Waals surface area (Å²) >= 11 is 0. The highest BCUT2D eigenvalue weighted by Gasteiger charge is 1.99. The molecule has 1 heterocycles. The van der Waals surface area contributed by atoms with Crippen molar-refractivity contribution < 1.29 is 4.79 Å². The second-order valence-corrected chi connectivity index (χ2v) is 3.00. The zero-order valence-electron chi connectivity index (χ0n) is 8.58. The number of terminal acetylenes is 1. The smallest absolute Gasteiger partial charge is 0.240 e. The second-order valence-electron chi connectivity index (χ2n) is 3.00. The van der Waals surface area contributed by atoms with E-state index < -0.39 is 0 Å². The third-order valence-electron chi connectivity index (χ3n) is 1.71. The number of anilines is 1. The Hall–Kier alpha value is -2.02. The third-order valence-corrected chi connectivity index (χ3v) is 1.71. The topological polar surface area (TPSA) is 54.0 Å². The lowest BCUT2D eigenvalue weighted by molar-refractivity contribution is -0.119. The summed E-state index contributed by atoms with van der Waals surface area (Å²) in [5.74, 6) is 2.87. The van der Waals surface area contributed by atoms with Crippen molar-refractivity contribution in [2.75, 3.05) is 18.4 Å². The Labute approximate surface area is 89.1 Å². The minimum Gasteiger partial charge on any atom is -0.361 e. The summed E-state index contributed by atoms with van der Waals surface area (Å²) in [6.45, 7) is 2.32. The fraction of sp³-hybridized carbons (Fsp3) is 0.273. The molecule has 1 aromatic rings. The molecule has 0 aliphatic rings. The molecule has 4 nitrogen and oxygen atoms in total. The number of hydrogen-bond acceptors (Lipinski definition) is 3. The van der Waals surface area contributed by atoms with Gasteiger partial charge in [0.2, 0.25) is 5.91 Å². The van der Waals surface area contributed by atoms with Crippen molar-refractivity contribution >= 4 is 11.7 Å². The molecule has 0 fully saturated rings. The molecule has 0 aliphatic carbocycles. The van der Waals surface area contributed by atoms with Crippen LogP contribution in [0.1, 0.15) is 5.69 Å². The molecule has 0 spiro atoms. The lowest BCUT2D eigenvalue weighted by Gasteiger charge is -2.05. The Bertz CT molecular complexity index is 382. The quantitative estimate of drug-likeness (QED) is 0.703. The molecule has 0 aromatic carbocycles. The average Bonchev–Trinajstić information content (AvgIpc) is 2.23. The van der Waals surface area contributed by atoms with E-state index in [0.29, 0.717) is 5.82 Å². The fourth-order valence-corrected chi connectivity index (χ4v) is 1.02. The van der Waals surface area contributed by atoms with E-state index in [4.69, 9.17) is 6.42 Å². The van der Waals surface area contributed by atoms with Gasteiger partial charge in [-0.25, -0.2) is 4.98 Å². The largest absolute Gasteiger partial charge is 0.361 e. The van der Waals surface area contributed by atoms with Crippen LogP contribution in [0.2, 0.25) is 0 Å². The molecular formula is C11H13N3O. The number of hydrogen-bond donors (Lipinski definition) is 2. The van der Waals surface area contributed by atoms with E-state index >= 15 is 0 Å². The maximum atomic E-state index is 11.2. The molecule has 0 aliphatic heterocycles. The van der Waals surface area contributed by atoms with Crippen molar-refractivity contribution in [1.82, 2.24) is 10.3 Å². The number of nitrogens with one attached hydrogen (secondary N) is 2. The third kappa shape index (κ3) is 4.14. The normalized spacial score (nSPS) is 9.07. The summed E-state index contributed by atoms with van der Waals surface area (Å²) in [5.41, 5.74) is 0.907. The lowest BCUT2D eigenvalue weighted by atomic mass is 10.4. The highest BCUT2D eigenvalue weighted by atomic mass is 16.1. The molecule has 0 saturated carbocycles. The first-order valence-electron chi connectivity index (χ1n) is 4.60. The van der Waals surface area contributed by atoms with Crippen LogP contribution in [0.15, 0.2) is 18.2 Å². The van der Waals surface area contributed by atoms with Crippen LogP contribution in [0.4, 0.5) is 5.82 Å². The average molecular weight is 203 g/mol. The van der Waals surface area contributed by atoms with Gasteiger partial charge in [0.25, 0.3) is 0 Å². The Morgan fingerprint density at radius 3 is 3.07 bits per heavy atom. The summed E-state index contributed by atoms with van der Waals surface area (Å²) in [5, 5.41) is 5.45. The number of carbonyl (C=O) groups is 1. The number of amides is 1. The fourth-order valence-electron chi connectivity index (χ4n) is 1.02. The van der Waals surface area contributed by atoms with Crippen LogP contribution >= 0.6 is 0 Å². The first-order chi connectivity index (χ1) is 7.22. The van der Waals surface area contributed by atoms with E-state index in [-0.39, 0.29) is 19.0 Å². The maximum Gasteiger partial charge on any atom is 0.240 e. The highest BCUT2D eigenvalue weighted by Crippen LogP contribution is 2.02. The van der Waals surface area contributed by atoms with Crippen molar-refractivity contribution in [3.05, 3.63) is 23.9 Å². The van der Waals surface area contributed by atoms with Crippen LogP contribution in [0.25, 0.3) is 0 Å². The van der Waals surface area contributed by atoms with Crippen LogP contribution < -0.4 is 10.6 Å². The first-order valence-corrected chi connectivity index (χ1v) is 4.60. The van der Waals surface area contributed by atoms with E-state index in [9.17, 15) is 4.79 Å². The molecule has 0 radical (unpaired) electrons. The van der Waals surface area contributed by atoms with Gasteiger partial charge >= 0.3 is 0 Å². The zero-order chi connectivity index (χ0) is 11.1. The molecule has 0 bridgehead atoms. The Balaban J connectivity index is 2.37. The van der Waals surface area contributed by atoms with Crippen molar-refractivity contribution in [3.8, 4) is 12.3 Å². The van der Waals surface area contributed by atoms with E-state index in [0.717, 1.165) is 5.69 Å². The number of rotatable bonds is 4. The van der Waals surface area contributed by atoms with Gasteiger partial charge in [0, 0.05) is 5.69 Å². The number of nitrogens with zero attached hydrogens (tertiary/aromatic N) is 1. The SMILES string of the molecule is C#CCNC(=O)CNc1cccc(C)n1. The van der Waals surface area contributed by atoms with E-state index in [1.807, 2.05) is 25.1 Å². The van der Waals surface area contributed by atoms with Gasteiger partial charge in [-0.2, -0.15) is 0 Å². The minimum atomic E-state index is -0.142. The van der Waals surface area contributed by atoms with E-state index in [2.05, 4.69) is 21.5 Å². The number of aromatic nitrogens is 1. The van der Waals surface area contributed by atoms with Crippen LogP contribution in [-0.4, -0.2) is 24.0 Å². The van der Waals surface area contributed by atoms with Crippen LogP contribution in [0, 0.1) is 19.3 Å². The predicted octanol–water partition coefficient (Wildman–Crippen LogP) is 0.551. The first kappa shape index (κ1) is 11.1. The summed E-state index contributed by atoms with van der Waals surface area (Å²) in [6, 6.07) is 5.58. The van der Waals surface area contributed by atoms with Crippen molar-refractivity contribution in [2.24, 2.45) is 0 Å². The summed E-state index contributed by atoms with van der Waals surface area (Å²) < 4.78 is 0. The molecule has 2 N–H and O–H groups in total. The van der Waals surface area contributed by atoms with E-state index in [1.54, 1.807) is 0 Å². The highest BCUT2D eigenvalue weighted by molar-refractivity contribution is 5.80. The molecule has 0 unspecified atom stereocenters. The molecule has 1 amide bonds. The standard InChI is InChI=1S/C11H13N3O/c1-3-7-12-11(15)8-13-10-6-4-5-9(2)14-10/h1,4-6H,7-8H2,2H3,(H,12,15)(H,13,14). The molecule has 78 valence electrons. The van der Waals surface area contributed by atoms with Crippen molar-refractivity contribution in [1.29, 1.82) is 0 Å². The Morgan fingerprint density at radius 1 is 1.60 bits per heavy atom. The molecule has 0 saturated heterocycles. The molecule has 1 rings (SSSR count). The summed E-state index contributed by atoms with van der Waals surface area (Å²) in [7, 11) is 0. The summed E-state index contributed by atoms with van der Waals surface area (Å²) in [4.78, 5) is 15.4. The number of aryl methyl sites for hydroxylation is 1. The maximum absolute atomic E-state index is 11.2. The second kappa shape index (κ2) is 5.66. The van der Waals surface area contributed by atoms with Crippen molar-refractivity contribution in [3.63, 3.8) is 0 Å². The van der Waals surface area contributed by atoms with Gasteiger partial charge in [-0.05, 0) is 19.1 Å². The van der Waals surface area contributed by atoms with Gasteiger partial charge in [-0.15, -0.1) is 6.42 Å². The molecule has 0 atom stereocenters. The minimum absolute atomic E-state index is 0.142. The molecule has 15 heavy (non-hydrogen) atoms. The van der Waals surface area contributed by atoms with Gasteiger partial charge < -0.3 is 10.6 Å². The number of carbonyl (C=O) groups excluding carboxylic acids is 1. The van der Waals surface area contributed by atoms with Gasteiger partial charge in [-0.1, -0.05) is 12.0 Å². The molecular weight excluding hydrogens is 190 g/mol. The summed E-state index contributed by atoms with van der Waals surface area (Å²) in [6.07, 6.45) is 5.01. The van der Waals surface area contributed by atoms with Crippen LogP contribution in [0.3, 0.4) is 0 Å². The zero-order valence-corrected chi connectivity index (χ0v) is 8.58. The lowest BCUT2D eigenvalue weighted by Crippen LogP contribution is -2.30. The van der Waals surface area contributed by atoms with Gasteiger partial charge in [0.05, 0.1) is 13.1 Å². The monoisotopic (exact) mass is 203 g/mol. The molecule has 1 aromatic heterocycles. The number of pyridine rings is 1. The predicted molar refractivity (Wildman–Crippen MR) is 59.3 cm³/mol. The van der Waals surface area contributed by atoms with Gasteiger partial charge in [0.15, 0.2) is 0 Å². The Kier molecular flexibility index (Phi) is 4.17. The van der Waals surface area contributed by atoms with E-state index in [1.165, 1.54) is 0 Å². The Morgan fingerprint density at radius 2 is 2.40 bits per heavy atom. The van der Waals surface area contributed by atoms with Crippen LogP contribution in [0.5, 0.6) is 0 Å². The van der Waals surface area contributed by atoms with Gasteiger partial charge in [0.1, 0.15) is 5.82 Å². The van der Waals surface area contributed by atoms with Crippen molar-refractivity contribution in [2.45, 2.75) is 6.92 Å². The van der Waals surface area contributed by atoms with Gasteiger partial charge in [-0.3, -0.25) is 4.79 Å². The van der Waals surface area contributed by atoms with Crippen LogP contribution in [-0.2, 0) is 4.79 Å². The molecule has 4 heteroatoms.